The SMILES string of the molecule is COc1cc(/C=C2\N=C(c3ccc(Cl)cc3Cl)OC2=O)cc(Cl)c1OCC(C)C. The molecule has 8 heteroatoms. The summed E-state index contributed by atoms with van der Waals surface area (Å²) in [7, 11) is 1.52. The van der Waals surface area contributed by atoms with Gasteiger partial charge in [-0.2, -0.15) is 0 Å². The molecule has 1 aliphatic rings. The van der Waals surface area contributed by atoms with Gasteiger partial charge in [-0.25, -0.2) is 9.79 Å². The summed E-state index contributed by atoms with van der Waals surface area (Å²) in [5.41, 5.74) is 1.20. The predicted molar refractivity (Wildman–Crippen MR) is 115 cm³/mol. The third-order valence-corrected chi connectivity index (χ3v) is 4.73. The lowest BCUT2D eigenvalue weighted by molar-refractivity contribution is -0.129. The summed E-state index contributed by atoms with van der Waals surface area (Å²) in [4.78, 5) is 16.5. The molecule has 0 saturated heterocycles. The van der Waals surface area contributed by atoms with Crippen LogP contribution in [0, 0.1) is 5.92 Å². The second-order valence-corrected chi connectivity index (χ2v) is 7.95. The third kappa shape index (κ3) is 5.04. The van der Waals surface area contributed by atoms with Gasteiger partial charge < -0.3 is 14.2 Å². The Balaban J connectivity index is 1.93. The second-order valence-electron chi connectivity index (χ2n) is 6.70. The van der Waals surface area contributed by atoms with E-state index in [1.165, 1.54) is 7.11 Å². The van der Waals surface area contributed by atoms with Gasteiger partial charge in [0.25, 0.3) is 0 Å². The molecule has 5 nitrogen and oxygen atoms in total. The molecule has 0 spiro atoms. The van der Waals surface area contributed by atoms with Crippen LogP contribution in [0.15, 0.2) is 41.0 Å². The maximum atomic E-state index is 12.3. The lowest BCUT2D eigenvalue weighted by atomic mass is 10.1. The molecule has 2 aromatic rings. The highest BCUT2D eigenvalue weighted by Crippen LogP contribution is 2.37. The standard InChI is InChI=1S/C21H18Cl3NO4/c1-11(2)10-28-19-16(24)6-12(8-18(19)27-3)7-17-21(26)29-20(25-17)14-5-4-13(22)9-15(14)23/h4-9,11H,10H2,1-3H3/b17-7-. The van der Waals surface area contributed by atoms with Gasteiger partial charge in [-0.1, -0.05) is 48.7 Å². The Bertz CT molecular complexity index is 1020. The Labute approximate surface area is 183 Å². The van der Waals surface area contributed by atoms with E-state index >= 15 is 0 Å². The molecule has 0 atom stereocenters. The van der Waals surface area contributed by atoms with Crippen LogP contribution in [0.4, 0.5) is 0 Å². The fourth-order valence-corrected chi connectivity index (χ4v) is 3.32. The van der Waals surface area contributed by atoms with E-state index in [1.54, 1.807) is 36.4 Å². The summed E-state index contributed by atoms with van der Waals surface area (Å²) in [5.74, 6) is 0.759. The van der Waals surface area contributed by atoms with Gasteiger partial charge in [0, 0.05) is 5.02 Å². The van der Waals surface area contributed by atoms with Crippen molar-refractivity contribution in [2.24, 2.45) is 10.9 Å². The van der Waals surface area contributed by atoms with Crippen molar-refractivity contribution in [3.8, 4) is 11.5 Å². The van der Waals surface area contributed by atoms with Gasteiger partial charge in [-0.3, -0.25) is 0 Å². The Hall–Kier alpha value is -2.21. The molecular formula is C21H18Cl3NO4. The molecule has 0 unspecified atom stereocenters. The Morgan fingerprint density at radius 1 is 1.14 bits per heavy atom. The number of cyclic esters (lactones) is 1. The first-order chi connectivity index (χ1) is 13.8. The van der Waals surface area contributed by atoms with Crippen molar-refractivity contribution in [1.29, 1.82) is 0 Å². The van der Waals surface area contributed by atoms with Crippen molar-refractivity contribution >= 4 is 52.7 Å². The van der Waals surface area contributed by atoms with Crippen LogP contribution in [0.2, 0.25) is 15.1 Å². The van der Waals surface area contributed by atoms with Crippen LogP contribution in [-0.2, 0) is 9.53 Å². The van der Waals surface area contributed by atoms with Gasteiger partial charge in [0.2, 0.25) is 5.90 Å². The van der Waals surface area contributed by atoms with Crippen molar-refractivity contribution in [2.75, 3.05) is 13.7 Å². The zero-order valence-electron chi connectivity index (χ0n) is 16.0. The van der Waals surface area contributed by atoms with Crippen LogP contribution < -0.4 is 9.47 Å². The molecule has 0 bridgehead atoms. The molecule has 0 saturated carbocycles. The van der Waals surface area contributed by atoms with E-state index in [9.17, 15) is 4.79 Å². The van der Waals surface area contributed by atoms with Crippen molar-refractivity contribution in [2.45, 2.75) is 13.8 Å². The molecule has 0 aliphatic carbocycles. The number of hydrogen-bond acceptors (Lipinski definition) is 5. The van der Waals surface area contributed by atoms with E-state index < -0.39 is 5.97 Å². The Morgan fingerprint density at radius 2 is 1.90 bits per heavy atom. The second kappa shape index (κ2) is 9.08. The number of methoxy groups -OCH3 is 1. The average molecular weight is 455 g/mol. The largest absolute Gasteiger partial charge is 0.493 e. The van der Waals surface area contributed by atoms with Crippen molar-refractivity contribution in [3.05, 3.63) is 62.2 Å². The Kier molecular flexibility index (Phi) is 6.73. The maximum absolute atomic E-state index is 12.3. The number of hydrogen-bond donors (Lipinski definition) is 0. The van der Waals surface area contributed by atoms with Gasteiger partial charge in [-0.05, 0) is 47.9 Å². The van der Waals surface area contributed by atoms with Gasteiger partial charge in [0.05, 0.1) is 29.3 Å². The monoisotopic (exact) mass is 453 g/mol. The van der Waals surface area contributed by atoms with Gasteiger partial charge in [0.15, 0.2) is 17.2 Å². The maximum Gasteiger partial charge on any atom is 0.363 e. The fourth-order valence-electron chi connectivity index (χ4n) is 2.56. The first-order valence-electron chi connectivity index (χ1n) is 8.76. The first-order valence-corrected chi connectivity index (χ1v) is 9.90. The van der Waals surface area contributed by atoms with Gasteiger partial charge in [0.1, 0.15) is 0 Å². The van der Waals surface area contributed by atoms with Crippen LogP contribution in [0.3, 0.4) is 0 Å². The molecular weight excluding hydrogens is 437 g/mol. The number of rotatable bonds is 6. The van der Waals surface area contributed by atoms with Crippen LogP contribution in [0.5, 0.6) is 11.5 Å². The number of aliphatic imine (C=N–C) groups is 1. The summed E-state index contributed by atoms with van der Waals surface area (Å²) in [6.07, 6.45) is 1.56. The highest BCUT2D eigenvalue weighted by atomic mass is 35.5. The van der Waals surface area contributed by atoms with Crippen molar-refractivity contribution < 1.29 is 19.0 Å². The number of benzene rings is 2. The highest BCUT2D eigenvalue weighted by Gasteiger charge is 2.26. The van der Waals surface area contributed by atoms with Crippen LogP contribution in [-0.4, -0.2) is 25.6 Å². The average Bonchev–Trinajstić information content (AvgIpc) is 3.00. The lowest BCUT2D eigenvalue weighted by Gasteiger charge is -2.14. The molecule has 2 aromatic carbocycles. The fraction of sp³-hybridized carbons (Fsp3) is 0.238. The van der Waals surface area contributed by atoms with E-state index in [-0.39, 0.29) is 11.6 Å². The zero-order chi connectivity index (χ0) is 21.1. The van der Waals surface area contributed by atoms with E-state index in [2.05, 4.69) is 4.99 Å². The van der Waals surface area contributed by atoms with Crippen molar-refractivity contribution in [3.63, 3.8) is 0 Å². The van der Waals surface area contributed by atoms with E-state index in [4.69, 9.17) is 49.0 Å². The highest BCUT2D eigenvalue weighted by molar-refractivity contribution is 6.37. The van der Waals surface area contributed by atoms with Crippen LogP contribution >= 0.6 is 34.8 Å². The topological polar surface area (TPSA) is 57.1 Å². The number of halogens is 3. The molecule has 3 rings (SSSR count). The summed E-state index contributed by atoms with van der Waals surface area (Å²) >= 11 is 18.4. The first kappa shape index (κ1) is 21.5. The molecule has 0 N–H and O–H groups in total. The summed E-state index contributed by atoms with van der Waals surface area (Å²) in [6, 6.07) is 8.21. The van der Waals surface area contributed by atoms with E-state index in [1.807, 2.05) is 13.8 Å². The van der Waals surface area contributed by atoms with E-state index in [0.717, 1.165) is 0 Å². The number of esters is 1. The summed E-state index contributed by atoms with van der Waals surface area (Å²) in [6.45, 7) is 4.57. The quantitative estimate of drug-likeness (QED) is 0.395. The van der Waals surface area contributed by atoms with Gasteiger partial charge in [-0.15, -0.1) is 0 Å². The molecule has 0 radical (unpaired) electrons. The van der Waals surface area contributed by atoms with Crippen molar-refractivity contribution in [1.82, 2.24) is 0 Å². The minimum absolute atomic E-state index is 0.109. The molecule has 1 heterocycles. The normalized spacial score (nSPS) is 14.9. The lowest BCUT2D eigenvalue weighted by Crippen LogP contribution is -2.06. The molecule has 0 fully saturated rings. The number of ether oxygens (including phenoxy) is 3. The minimum Gasteiger partial charge on any atom is -0.493 e. The zero-order valence-corrected chi connectivity index (χ0v) is 18.2. The van der Waals surface area contributed by atoms with E-state index in [0.29, 0.717) is 50.2 Å². The number of carbonyl (C=O) groups excluding carboxylic acids is 1. The molecule has 29 heavy (non-hydrogen) atoms. The van der Waals surface area contributed by atoms with Crippen LogP contribution in [0.1, 0.15) is 25.0 Å². The summed E-state index contributed by atoms with van der Waals surface area (Å²) in [5, 5.41) is 1.18. The number of carbonyl (C=O) groups is 1. The summed E-state index contributed by atoms with van der Waals surface area (Å²) < 4.78 is 16.4. The van der Waals surface area contributed by atoms with Crippen LogP contribution in [0.25, 0.3) is 6.08 Å². The molecule has 1 aliphatic heterocycles. The number of nitrogens with zero attached hydrogens (tertiary/aromatic N) is 1. The molecule has 0 amide bonds. The Morgan fingerprint density at radius 3 is 2.55 bits per heavy atom. The third-order valence-electron chi connectivity index (χ3n) is 3.90. The smallest absolute Gasteiger partial charge is 0.363 e. The minimum atomic E-state index is -0.596. The van der Waals surface area contributed by atoms with Gasteiger partial charge >= 0.3 is 5.97 Å². The predicted octanol–water partition coefficient (Wildman–Crippen LogP) is 6.03. The molecule has 0 aromatic heterocycles. The molecule has 152 valence electrons.